The number of nitrogens with one attached hydrogen (secondary N) is 1. The first-order valence-electron chi connectivity index (χ1n) is 3.71. The molecule has 0 aromatic rings. The van der Waals surface area contributed by atoms with Gasteiger partial charge in [-0.05, 0) is 6.92 Å². The van der Waals surface area contributed by atoms with Crippen LogP contribution in [0.1, 0.15) is 6.92 Å². The first kappa shape index (κ1) is 14.2. The molecule has 1 unspecified atom stereocenters. The van der Waals surface area contributed by atoms with Crippen LogP contribution in [0.2, 0.25) is 0 Å². The number of amides is 1. The fraction of sp³-hybridized carbons (Fsp3) is 0.714. The number of carbonyl (C=O) groups excluding carboxylic acids is 2. The largest absolute Gasteiger partial charge is 0.453 e. The molecule has 88 valence electrons. The van der Waals surface area contributed by atoms with Crippen LogP contribution in [0.3, 0.4) is 0 Å². The zero-order valence-electron chi connectivity index (χ0n) is 7.94. The number of ether oxygens (including phenoxy) is 1. The van der Waals surface area contributed by atoms with E-state index in [-0.39, 0.29) is 0 Å². The van der Waals surface area contributed by atoms with Gasteiger partial charge >= 0.3 is 12.3 Å². The topological polar surface area (TPSA) is 55.4 Å². The predicted molar refractivity (Wildman–Crippen MR) is 48.8 cm³/mol. The molecule has 0 aliphatic rings. The lowest BCUT2D eigenvalue weighted by Crippen LogP contribution is -2.62. The molecule has 0 aliphatic heterocycles. The lowest BCUT2D eigenvalue weighted by molar-refractivity contribution is -0.191. The Balaban J connectivity index is 5.04. The third-order valence-electron chi connectivity index (χ3n) is 1.78. The molecular formula is C7H9BrF3NO3. The molecule has 1 N–H and O–H groups in total. The third kappa shape index (κ3) is 3.08. The van der Waals surface area contributed by atoms with Gasteiger partial charge in [0.2, 0.25) is 0 Å². The summed E-state index contributed by atoms with van der Waals surface area (Å²) in [4.78, 5) is 21.8. The van der Waals surface area contributed by atoms with Crippen molar-refractivity contribution < 1.29 is 27.5 Å². The van der Waals surface area contributed by atoms with Crippen molar-refractivity contribution in [2.45, 2.75) is 18.6 Å². The van der Waals surface area contributed by atoms with Gasteiger partial charge in [0.05, 0.1) is 12.4 Å². The standard InChI is InChI=1S/C7H9BrF3NO3/c1-6(4(13)3-8,7(9,10)11)12-5(14)15-2/h3H2,1-2H3,(H,12,14). The summed E-state index contributed by atoms with van der Waals surface area (Å²) in [6.45, 7) is 0.577. The summed E-state index contributed by atoms with van der Waals surface area (Å²) in [5.74, 6) is -1.21. The highest BCUT2D eigenvalue weighted by molar-refractivity contribution is 9.09. The Hall–Kier alpha value is -0.790. The minimum Gasteiger partial charge on any atom is -0.453 e. The van der Waals surface area contributed by atoms with Gasteiger partial charge < -0.3 is 10.1 Å². The molecule has 4 nitrogen and oxygen atoms in total. The van der Waals surface area contributed by atoms with Gasteiger partial charge in [-0.3, -0.25) is 4.79 Å². The van der Waals surface area contributed by atoms with Gasteiger partial charge in [0, 0.05) is 0 Å². The number of halogens is 4. The van der Waals surface area contributed by atoms with E-state index in [9.17, 15) is 22.8 Å². The van der Waals surface area contributed by atoms with Gasteiger partial charge in [-0.15, -0.1) is 0 Å². The molecule has 8 heteroatoms. The second-order valence-electron chi connectivity index (χ2n) is 2.80. The molecule has 1 amide bonds. The molecule has 0 heterocycles. The maximum Gasteiger partial charge on any atom is 0.418 e. The van der Waals surface area contributed by atoms with Crippen molar-refractivity contribution in [2.24, 2.45) is 0 Å². The minimum atomic E-state index is -4.88. The smallest absolute Gasteiger partial charge is 0.418 e. The van der Waals surface area contributed by atoms with E-state index in [1.54, 1.807) is 0 Å². The predicted octanol–water partition coefficient (Wildman–Crippen LogP) is 1.63. The minimum absolute atomic E-state index is 0.521. The van der Waals surface area contributed by atoms with E-state index in [0.29, 0.717) is 6.92 Å². The quantitative estimate of drug-likeness (QED) is 0.804. The van der Waals surface area contributed by atoms with E-state index in [4.69, 9.17) is 0 Å². The van der Waals surface area contributed by atoms with Gasteiger partial charge in [-0.25, -0.2) is 4.79 Å². The molecule has 0 saturated heterocycles. The third-order valence-corrected chi connectivity index (χ3v) is 2.29. The van der Waals surface area contributed by atoms with Crippen molar-refractivity contribution in [2.75, 3.05) is 12.4 Å². The lowest BCUT2D eigenvalue weighted by Gasteiger charge is -2.30. The van der Waals surface area contributed by atoms with Crippen molar-refractivity contribution >= 4 is 27.8 Å². The van der Waals surface area contributed by atoms with Crippen molar-refractivity contribution in [3.05, 3.63) is 0 Å². The molecule has 0 rings (SSSR count). The molecule has 15 heavy (non-hydrogen) atoms. The highest BCUT2D eigenvalue weighted by Gasteiger charge is 2.57. The molecule has 1 atom stereocenters. The van der Waals surface area contributed by atoms with Crippen molar-refractivity contribution in [1.29, 1.82) is 0 Å². The van der Waals surface area contributed by atoms with E-state index in [2.05, 4.69) is 20.7 Å². The van der Waals surface area contributed by atoms with Crippen molar-refractivity contribution in [3.63, 3.8) is 0 Å². The van der Waals surface area contributed by atoms with Crippen LogP contribution in [-0.2, 0) is 9.53 Å². The van der Waals surface area contributed by atoms with E-state index >= 15 is 0 Å². The molecule has 0 aliphatic carbocycles. The first-order valence-corrected chi connectivity index (χ1v) is 4.83. The van der Waals surface area contributed by atoms with Crippen LogP contribution in [0.15, 0.2) is 0 Å². The fourth-order valence-corrected chi connectivity index (χ4v) is 1.25. The zero-order chi connectivity index (χ0) is 12.3. The summed E-state index contributed by atoms with van der Waals surface area (Å²) in [5, 5.41) is 0.947. The van der Waals surface area contributed by atoms with Crippen molar-refractivity contribution in [1.82, 2.24) is 5.32 Å². The molecule has 0 aromatic carbocycles. The Morgan fingerprint density at radius 2 is 1.87 bits per heavy atom. The highest BCUT2D eigenvalue weighted by Crippen LogP contribution is 2.31. The summed E-state index contributed by atoms with van der Waals surface area (Å²) in [6, 6.07) is 0. The number of carbonyl (C=O) groups is 2. The number of alkyl halides is 4. The summed E-state index contributed by atoms with van der Waals surface area (Å²) < 4.78 is 41.6. The maximum absolute atomic E-state index is 12.5. The van der Waals surface area contributed by atoms with Crippen LogP contribution in [0.25, 0.3) is 0 Å². The molecule has 0 radical (unpaired) electrons. The van der Waals surface area contributed by atoms with Crippen LogP contribution in [0.5, 0.6) is 0 Å². The monoisotopic (exact) mass is 291 g/mol. The zero-order valence-corrected chi connectivity index (χ0v) is 9.53. The first-order chi connectivity index (χ1) is 6.69. The van der Waals surface area contributed by atoms with Crippen LogP contribution in [0, 0.1) is 0 Å². The number of ketones is 1. The van der Waals surface area contributed by atoms with Gasteiger partial charge in [0.1, 0.15) is 0 Å². The average molecular weight is 292 g/mol. The Bertz CT molecular complexity index is 269. The second kappa shape index (κ2) is 4.82. The van der Waals surface area contributed by atoms with Crippen LogP contribution in [0.4, 0.5) is 18.0 Å². The van der Waals surface area contributed by atoms with Crippen LogP contribution in [-0.4, -0.2) is 36.0 Å². The van der Waals surface area contributed by atoms with Gasteiger partial charge in [-0.2, -0.15) is 13.2 Å². The van der Waals surface area contributed by atoms with Gasteiger partial charge in [0.25, 0.3) is 0 Å². The molecular weight excluding hydrogens is 283 g/mol. The number of hydrogen-bond donors (Lipinski definition) is 1. The summed E-state index contributed by atoms with van der Waals surface area (Å²) in [6.07, 6.45) is -6.20. The molecule has 0 bridgehead atoms. The van der Waals surface area contributed by atoms with Crippen LogP contribution >= 0.6 is 15.9 Å². The summed E-state index contributed by atoms with van der Waals surface area (Å²) in [7, 11) is 0.907. The molecule has 0 fully saturated rings. The maximum atomic E-state index is 12.5. The SMILES string of the molecule is COC(=O)NC(C)(C(=O)CBr)C(F)(F)F. The fourth-order valence-electron chi connectivity index (χ4n) is 0.687. The summed E-state index contributed by atoms with van der Waals surface area (Å²) in [5.41, 5.74) is -2.94. The van der Waals surface area contributed by atoms with E-state index < -0.39 is 28.9 Å². The Morgan fingerprint density at radius 1 is 1.40 bits per heavy atom. The summed E-state index contributed by atoms with van der Waals surface area (Å²) >= 11 is 2.61. The Labute approximate surface area is 92.3 Å². The van der Waals surface area contributed by atoms with E-state index in [1.165, 1.54) is 5.32 Å². The second-order valence-corrected chi connectivity index (χ2v) is 3.36. The average Bonchev–Trinajstić information content (AvgIpc) is 2.14. The van der Waals surface area contributed by atoms with E-state index in [0.717, 1.165) is 7.11 Å². The molecule has 0 saturated carbocycles. The highest BCUT2D eigenvalue weighted by atomic mass is 79.9. The Morgan fingerprint density at radius 3 is 2.13 bits per heavy atom. The van der Waals surface area contributed by atoms with Crippen molar-refractivity contribution in [3.8, 4) is 0 Å². The lowest BCUT2D eigenvalue weighted by atomic mass is 9.97. The van der Waals surface area contributed by atoms with Gasteiger partial charge in [0.15, 0.2) is 11.3 Å². The number of hydrogen-bond acceptors (Lipinski definition) is 3. The Kier molecular flexibility index (Phi) is 4.57. The number of Topliss-reactive ketones (excluding diaryl/α,β-unsaturated/α-hetero) is 1. The van der Waals surface area contributed by atoms with E-state index in [1.807, 2.05) is 0 Å². The van der Waals surface area contributed by atoms with Gasteiger partial charge in [-0.1, -0.05) is 15.9 Å². The number of alkyl carbamates (subject to hydrolysis) is 1. The number of rotatable bonds is 3. The molecule has 0 aromatic heterocycles. The number of methoxy groups -OCH3 is 1. The normalized spacial score (nSPS) is 15.3. The molecule has 0 spiro atoms. The van der Waals surface area contributed by atoms with Crippen LogP contribution < -0.4 is 5.32 Å².